The van der Waals surface area contributed by atoms with E-state index in [4.69, 9.17) is 4.42 Å². The minimum atomic E-state index is -0.00648. The van der Waals surface area contributed by atoms with Crippen molar-refractivity contribution in [2.24, 2.45) is 0 Å². The molecule has 0 aliphatic carbocycles. The summed E-state index contributed by atoms with van der Waals surface area (Å²) in [6.45, 7) is 5.01. The highest BCUT2D eigenvalue weighted by molar-refractivity contribution is 5.81. The van der Waals surface area contributed by atoms with Crippen LogP contribution in [0.5, 0.6) is 0 Å². The van der Waals surface area contributed by atoms with Crippen molar-refractivity contribution >= 4 is 11.0 Å². The maximum atomic E-state index is 6.07. The van der Waals surface area contributed by atoms with Crippen molar-refractivity contribution in [2.75, 3.05) is 6.54 Å². The predicted molar refractivity (Wildman–Crippen MR) is 80.7 cm³/mol. The molecule has 1 N–H and O–H groups in total. The van der Waals surface area contributed by atoms with E-state index in [0.29, 0.717) is 0 Å². The van der Waals surface area contributed by atoms with Crippen LogP contribution in [0.4, 0.5) is 0 Å². The van der Waals surface area contributed by atoms with Crippen molar-refractivity contribution in [1.82, 2.24) is 10.3 Å². The quantitative estimate of drug-likeness (QED) is 0.779. The molecule has 0 aliphatic rings. The average Bonchev–Trinajstić information content (AvgIpc) is 2.91. The maximum Gasteiger partial charge on any atom is 0.137 e. The molecule has 3 heteroatoms. The van der Waals surface area contributed by atoms with Gasteiger partial charge >= 0.3 is 0 Å². The lowest BCUT2D eigenvalue weighted by molar-refractivity contribution is 0.470. The standard InChI is InChI=1S/C17H18N2O/c1-3-18-16(14-9-4-5-10-19-14)15-11-13-8-6-7-12(2)17(13)20-15/h4-11,16,18H,3H2,1-2H3. The summed E-state index contributed by atoms with van der Waals surface area (Å²) in [6.07, 6.45) is 1.81. The lowest BCUT2D eigenvalue weighted by Gasteiger charge is -2.14. The van der Waals surface area contributed by atoms with Gasteiger partial charge in [-0.05, 0) is 37.2 Å². The van der Waals surface area contributed by atoms with Crippen LogP contribution in [0.25, 0.3) is 11.0 Å². The summed E-state index contributed by atoms with van der Waals surface area (Å²) in [6, 6.07) is 14.2. The first kappa shape index (κ1) is 12.9. The van der Waals surface area contributed by atoms with Crippen molar-refractivity contribution in [3.8, 4) is 0 Å². The molecule has 0 spiro atoms. The average molecular weight is 266 g/mol. The Bertz CT molecular complexity index is 703. The molecule has 1 unspecified atom stereocenters. The third-order valence-corrected chi connectivity index (χ3v) is 3.44. The molecule has 2 heterocycles. The fourth-order valence-corrected chi connectivity index (χ4v) is 2.47. The van der Waals surface area contributed by atoms with Gasteiger partial charge in [0.15, 0.2) is 0 Å². The highest BCUT2D eigenvalue weighted by Gasteiger charge is 2.19. The van der Waals surface area contributed by atoms with E-state index in [1.807, 2.05) is 24.4 Å². The number of benzene rings is 1. The zero-order valence-electron chi connectivity index (χ0n) is 11.8. The monoisotopic (exact) mass is 266 g/mol. The maximum absolute atomic E-state index is 6.07. The lowest BCUT2D eigenvalue weighted by atomic mass is 10.1. The molecule has 102 valence electrons. The van der Waals surface area contributed by atoms with E-state index in [1.165, 1.54) is 0 Å². The largest absolute Gasteiger partial charge is 0.459 e. The lowest BCUT2D eigenvalue weighted by Crippen LogP contribution is -2.22. The Balaban J connectivity index is 2.08. The molecule has 0 aliphatic heterocycles. The Morgan fingerprint density at radius 3 is 2.80 bits per heavy atom. The molecule has 0 radical (unpaired) electrons. The van der Waals surface area contributed by atoms with Crippen LogP contribution in [0.15, 0.2) is 53.1 Å². The summed E-state index contributed by atoms with van der Waals surface area (Å²) in [4.78, 5) is 4.44. The summed E-state index contributed by atoms with van der Waals surface area (Å²) in [5.41, 5.74) is 3.09. The van der Waals surface area contributed by atoms with Gasteiger partial charge in [-0.1, -0.05) is 31.2 Å². The first-order chi connectivity index (χ1) is 9.79. The van der Waals surface area contributed by atoms with Crippen LogP contribution in [0.1, 0.15) is 30.0 Å². The first-order valence-electron chi connectivity index (χ1n) is 6.93. The number of para-hydroxylation sites is 1. The second-order valence-corrected chi connectivity index (χ2v) is 4.89. The Morgan fingerprint density at radius 1 is 1.20 bits per heavy atom. The zero-order valence-corrected chi connectivity index (χ0v) is 11.8. The van der Waals surface area contributed by atoms with E-state index >= 15 is 0 Å². The number of aryl methyl sites for hydroxylation is 1. The van der Waals surface area contributed by atoms with E-state index < -0.39 is 0 Å². The topological polar surface area (TPSA) is 38.1 Å². The molecule has 3 aromatic rings. The van der Waals surface area contributed by atoms with Crippen LogP contribution < -0.4 is 5.32 Å². The molecular formula is C17H18N2O. The number of aromatic nitrogens is 1. The number of pyridine rings is 1. The van der Waals surface area contributed by atoms with Gasteiger partial charge in [-0.2, -0.15) is 0 Å². The smallest absolute Gasteiger partial charge is 0.137 e. The molecule has 0 saturated heterocycles. The second kappa shape index (κ2) is 5.47. The summed E-state index contributed by atoms with van der Waals surface area (Å²) < 4.78 is 6.07. The summed E-state index contributed by atoms with van der Waals surface area (Å²) >= 11 is 0. The Kier molecular flexibility index (Phi) is 3.52. The number of furan rings is 1. The number of hydrogen-bond donors (Lipinski definition) is 1. The van der Waals surface area contributed by atoms with E-state index in [2.05, 4.69) is 48.4 Å². The molecule has 3 rings (SSSR count). The molecule has 0 saturated carbocycles. The summed E-state index contributed by atoms with van der Waals surface area (Å²) in [5, 5.41) is 4.58. The van der Waals surface area contributed by atoms with Crippen LogP contribution in [0, 0.1) is 6.92 Å². The third-order valence-electron chi connectivity index (χ3n) is 3.44. The number of nitrogens with one attached hydrogen (secondary N) is 1. The molecule has 20 heavy (non-hydrogen) atoms. The molecule has 0 amide bonds. The Hall–Kier alpha value is -2.13. The van der Waals surface area contributed by atoms with E-state index in [0.717, 1.165) is 34.5 Å². The molecule has 0 fully saturated rings. The van der Waals surface area contributed by atoms with Crippen molar-refractivity contribution in [3.05, 3.63) is 65.7 Å². The molecule has 0 bridgehead atoms. The van der Waals surface area contributed by atoms with Crippen molar-refractivity contribution in [3.63, 3.8) is 0 Å². The minimum absolute atomic E-state index is 0.00648. The first-order valence-corrected chi connectivity index (χ1v) is 6.93. The molecule has 3 nitrogen and oxygen atoms in total. The number of fused-ring (bicyclic) bond motifs is 1. The molecule has 1 atom stereocenters. The zero-order chi connectivity index (χ0) is 13.9. The van der Waals surface area contributed by atoms with Gasteiger partial charge in [0.25, 0.3) is 0 Å². The SMILES string of the molecule is CCNC(c1ccccn1)c1cc2cccc(C)c2o1. The van der Waals surface area contributed by atoms with Crippen LogP contribution in [0.3, 0.4) is 0 Å². The van der Waals surface area contributed by atoms with Crippen LogP contribution in [-0.4, -0.2) is 11.5 Å². The summed E-state index contributed by atoms with van der Waals surface area (Å²) in [7, 11) is 0. The molecular weight excluding hydrogens is 248 g/mol. The minimum Gasteiger partial charge on any atom is -0.459 e. The van der Waals surface area contributed by atoms with Crippen LogP contribution in [-0.2, 0) is 0 Å². The van der Waals surface area contributed by atoms with E-state index in [1.54, 1.807) is 0 Å². The normalized spacial score (nSPS) is 12.7. The van der Waals surface area contributed by atoms with Crippen molar-refractivity contribution in [2.45, 2.75) is 19.9 Å². The van der Waals surface area contributed by atoms with E-state index in [-0.39, 0.29) is 6.04 Å². The van der Waals surface area contributed by atoms with Gasteiger partial charge in [-0.15, -0.1) is 0 Å². The van der Waals surface area contributed by atoms with Gasteiger partial charge in [-0.3, -0.25) is 4.98 Å². The van der Waals surface area contributed by atoms with Gasteiger partial charge in [-0.25, -0.2) is 0 Å². The second-order valence-electron chi connectivity index (χ2n) is 4.89. The van der Waals surface area contributed by atoms with Gasteiger partial charge in [0.1, 0.15) is 17.4 Å². The molecule has 1 aromatic carbocycles. The van der Waals surface area contributed by atoms with Gasteiger partial charge in [0.2, 0.25) is 0 Å². The highest BCUT2D eigenvalue weighted by Crippen LogP contribution is 2.29. The van der Waals surface area contributed by atoms with Crippen LogP contribution >= 0.6 is 0 Å². The number of nitrogens with zero attached hydrogens (tertiary/aromatic N) is 1. The van der Waals surface area contributed by atoms with Crippen molar-refractivity contribution < 1.29 is 4.42 Å². The van der Waals surface area contributed by atoms with Gasteiger partial charge < -0.3 is 9.73 Å². The highest BCUT2D eigenvalue weighted by atomic mass is 16.3. The van der Waals surface area contributed by atoms with Gasteiger partial charge in [0.05, 0.1) is 5.69 Å². The predicted octanol–water partition coefficient (Wildman–Crippen LogP) is 3.84. The van der Waals surface area contributed by atoms with E-state index in [9.17, 15) is 0 Å². The number of rotatable bonds is 4. The fraction of sp³-hybridized carbons (Fsp3) is 0.235. The Labute approximate surface area is 118 Å². The molecule has 2 aromatic heterocycles. The van der Waals surface area contributed by atoms with Crippen molar-refractivity contribution in [1.29, 1.82) is 0 Å². The van der Waals surface area contributed by atoms with Gasteiger partial charge in [0, 0.05) is 11.6 Å². The fourth-order valence-electron chi connectivity index (χ4n) is 2.47. The third kappa shape index (κ3) is 2.32. The summed E-state index contributed by atoms with van der Waals surface area (Å²) in [5.74, 6) is 0.912. The Morgan fingerprint density at radius 2 is 2.10 bits per heavy atom. The van der Waals surface area contributed by atoms with Crippen LogP contribution in [0.2, 0.25) is 0 Å². The number of hydrogen-bond acceptors (Lipinski definition) is 3.